The Hall–Kier alpha value is -1.58. The van der Waals surface area contributed by atoms with E-state index < -0.39 is 0 Å². The minimum Gasteiger partial charge on any atom is -0.356 e. The lowest BCUT2D eigenvalue weighted by Crippen LogP contribution is -2.31. The lowest BCUT2D eigenvalue weighted by atomic mass is 10.1. The van der Waals surface area contributed by atoms with Crippen molar-refractivity contribution >= 4 is 34.6 Å². The Morgan fingerprint density at radius 2 is 1.86 bits per heavy atom. The van der Waals surface area contributed by atoms with Gasteiger partial charge in [-0.05, 0) is 61.8 Å². The van der Waals surface area contributed by atoms with Gasteiger partial charge in [-0.2, -0.15) is 0 Å². The zero-order chi connectivity index (χ0) is 15.4. The topological polar surface area (TPSA) is 24.1 Å². The van der Waals surface area contributed by atoms with E-state index in [4.69, 9.17) is 23.8 Å². The molecule has 0 aromatic heterocycles. The lowest BCUT2D eigenvalue weighted by molar-refractivity contribution is 0.723. The Balaban J connectivity index is 2.05. The average Bonchev–Trinajstić information content (AvgIpc) is 2.43. The molecule has 0 radical (unpaired) electrons. The van der Waals surface area contributed by atoms with Crippen LogP contribution in [0.3, 0.4) is 0 Å². The molecule has 110 valence electrons. The predicted molar refractivity (Wildman–Crippen MR) is 95.1 cm³/mol. The third-order valence-corrected chi connectivity index (χ3v) is 3.92. The van der Waals surface area contributed by atoms with Gasteiger partial charge in [-0.25, -0.2) is 0 Å². The maximum absolute atomic E-state index is 6.21. The second-order valence-electron chi connectivity index (χ2n) is 5.16. The van der Waals surface area contributed by atoms with Crippen molar-refractivity contribution in [3.63, 3.8) is 0 Å². The molecule has 2 N–H and O–H groups in total. The van der Waals surface area contributed by atoms with Gasteiger partial charge in [0.1, 0.15) is 0 Å². The third-order valence-electron chi connectivity index (χ3n) is 3.36. The Bertz CT molecular complexity index is 655. The standard InChI is InChI=1S/C17H19ClN2S/c1-11-8-9-12(2)16(10-11)20-17(21)19-13(3)14-6-4-5-7-15(14)18/h4-10,13H,1-3H3,(H2,19,20,21)/t13-/m0/s1. The van der Waals surface area contributed by atoms with Gasteiger partial charge in [-0.15, -0.1) is 0 Å². The van der Waals surface area contributed by atoms with Gasteiger partial charge in [0.2, 0.25) is 0 Å². The summed E-state index contributed by atoms with van der Waals surface area (Å²) >= 11 is 11.6. The monoisotopic (exact) mass is 318 g/mol. The van der Waals surface area contributed by atoms with Gasteiger partial charge in [0.15, 0.2) is 5.11 Å². The molecule has 0 unspecified atom stereocenters. The van der Waals surface area contributed by atoms with Gasteiger partial charge in [-0.1, -0.05) is 41.9 Å². The molecule has 21 heavy (non-hydrogen) atoms. The quantitative estimate of drug-likeness (QED) is 0.778. The van der Waals surface area contributed by atoms with Crippen LogP contribution in [0.2, 0.25) is 5.02 Å². The van der Waals surface area contributed by atoms with Crippen molar-refractivity contribution in [1.29, 1.82) is 0 Å². The van der Waals surface area contributed by atoms with Crippen LogP contribution in [-0.2, 0) is 0 Å². The van der Waals surface area contributed by atoms with Crippen molar-refractivity contribution in [3.05, 3.63) is 64.2 Å². The summed E-state index contributed by atoms with van der Waals surface area (Å²) in [5, 5.41) is 7.85. The number of aryl methyl sites for hydroxylation is 2. The summed E-state index contributed by atoms with van der Waals surface area (Å²) in [7, 11) is 0. The number of hydrogen-bond acceptors (Lipinski definition) is 1. The Morgan fingerprint density at radius 1 is 1.14 bits per heavy atom. The number of halogens is 1. The van der Waals surface area contributed by atoms with Gasteiger partial charge < -0.3 is 10.6 Å². The molecule has 0 heterocycles. The first-order valence-electron chi connectivity index (χ1n) is 6.86. The van der Waals surface area contributed by atoms with E-state index in [1.807, 2.05) is 31.2 Å². The predicted octanol–water partition coefficient (Wildman–Crippen LogP) is 5.00. The molecule has 2 rings (SSSR count). The largest absolute Gasteiger partial charge is 0.356 e. The maximum atomic E-state index is 6.21. The van der Waals surface area contributed by atoms with Gasteiger partial charge in [0, 0.05) is 10.7 Å². The molecular weight excluding hydrogens is 300 g/mol. The molecule has 1 atom stereocenters. The van der Waals surface area contributed by atoms with Gasteiger partial charge in [0.05, 0.1) is 6.04 Å². The minimum atomic E-state index is 0.0452. The maximum Gasteiger partial charge on any atom is 0.171 e. The van der Waals surface area contributed by atoms with Crippen LogP contribution in [0, 0.1) is 13.8 Å². The highest BCUT2D eigenvalue weighted by atomic mass is 35.5. The SMILES string of the molecule is Cc1ccc(C)c(NC(=S)N[C@@H](C)c2ccccc2Cl)c1. The van der Waals surface area contributed by atoms with E-state index in [1.165, 1.54) is 5.56 Å². The fraction of sp³-hybridized carbons (Fsp3) is 0.235. The molecule has 0 aliphatic carbocycles. The third kappa shape index (κ3) is 4.19. The molecule has 4 heteroatoms. The van der Waals surface area contributed by atoms with Crippen LogP contribution in [0.1, 0.15) is 29.7 Å². The molecular formula is C17H19ClN2S. The zero-order valence-corrected chi connectivity index (χ0v) is 14.0. The molecule has 2 aromatic carbocycles. The number of thiocarbonyl (C=S) groups is 1. The summed E-state index contributed by atoms with van der Waals surface area (Å²) < 4.78 is 0. The van der Waals surface area contributed by atoms with E-state index in [0.717, 1.165) is 21.8 Å². The second kappa shape index (κ2) is 6.92. The molecule has 0 aliphatic rings. The minimum absolute atomic E-state index is 0.0452. The Morgan fingerprint density at radius 3 is 2.57 bits per heavy atom. The highest BCUT2D eigenvalue weighted by molar-refractivity contribution is 7.80. The normalized spacial score (nSPS) is 11.8. The highest BCUT2D eigenvalue weighted by Crippen LogP contribution is 2.22. The number of anilines is 1. The van der Waals surface area contributed by atoms with E-state index in [1.54, 1.807) is 0 Å². The molecule has 0 spiro atoms. The fourth-order valence-corrected chi connectivity index (χ4v) is 2.72. The summed E-state index contributed by atoms with van der Waals surface area (Å²) in [5.74, 6) is 0. The van der Waals surface area contributed by atoms with Crippen LogP contribution in [-0.4, -0.2) is 5.11 Å². The molecule has 2 nitrogen and oxygen atoms in total. The average molecular weight is 319 g/mol. The number of rotatable bonds is 3. The molecule has 0 bridgehead atoms. The van der Waals surface area contributed by atoms with Gasteiger partial charge >= 0.3 is 0 Å². The van der Waals surface area contributed by atoms with Crippen LogP contribution in [0.25, 0.3) is 0 Å². The molecule has 0 fully saturated rings. The lowest BCUT2D eigenvalue weighted by Gasteiger charge is -2.19. The van der Waals surface area contributed by atoms with Crippen LogP contribution in [0.4, 0.5) is 5.69 Å². The Kier molecular flexibility index (Phi) is 5.21. The van der Waals surface area contributed by atoms with Gasteiger partial charge in [0.25, 0.3) is 0 Å². The summed E-state index contributed by atoms with van der Waals surface area (Å²) in [6, 6.07) is 14.1. The first kappa shape index (κ1) is 15.8. The summed E-state index contributed by atoms with van der Waals surface area (Å²) in [5.41, 5.74) is 4.42. The number of nitrogens with one attached hydrogen (secondary N) is 2. The first-order valence-corrected chi connectivity index (χ1v) is 7.65. The van der Waals surface area contributed by atoms with Crippen molar-refractivity contribution in [2.45, 2.75) is 26.8 Å². The summed E-state index contributed by atoms with van der Waals surface area (Å²) in [6.45, 7) is 6.16. The van der Waals surface area contributed by atoms with E-state index in [-0.39, 0.29) is 6.04 Å². The summed E-state index contributed by atoms with van der Waals surface area (Å²) in [6.07, 6.45) is 0. The van der Waals surface area contributed by atoms with Crippen molar-refractivity contribution in [2.75, 3.05) is 5.32 Å². The second-order valence-corrected chi connectivity index (χ2v) is 5.98. The smallest absolute Gasteiger partial charge is 0.171 e. The molecule has 0 saturated carbocycles. The first-order chi connectivity index (χ1) is 9.97. The van der Waals surface area contributed by atoms with Crippen LogP contribution in [0.15, 0.2) is 42.5 Å². The fourth-order valence-electron chi connectivity index (χ4n) is 2.13. The summed E-state index contributed by atoms with van der Waals surface area (Å²) in [4.78, 5) is 0. The molecule has 0 amide bonds. The molecule has 0 aliphatic heterocycles. The van der Waals surface area contributed by atoms with E-state index in [9.17, 15) is 0 Å². The van der Waals surface area contributed by atoms with Crippen LogP contribution in [0.5, 0.6) is 0 Å². The van der Waals surface area contributed by atoms with E-state index in [0.29, 0.717) is 5.11 Å². The van der Waals surface area contributed by atoms with E-state index >= 15 is 0 Å². The van der Waals surface area contributed by atoms with Crippen molar-refractivity contribution < 1.29 is 0 Å². The Labute approximate surface area is 136 Å². The van der Waals surface area contributed by atoms with Crippen molar-refractivity contribution in [1.82, 2.24) is 5.32 Å². The van der Waals surface area contributed by atoms with E-state index in [2.05, 4.69) is 42.7 Å². The zero-order valence-electron chi connectivity index (χ0n) is 12.4. The van der Waals surface area contributed by atoms with Crippen LogP contribution < -0.4 is 10.6 Å². The van der Waals surface area contributed by atoms with Crippen LogP contribution >= 0.6 is 23.8 Å². The molecule has 0 saturated heterocycles. The number of hydrogen-bond donors (Lipinski definition) is 2. The number of benzene rings is 2. The molecule has 2 aromatic rings. The van der Waals surface area contributed by atoms with Crippen molar-refractivity contribution in [2.24, 2.45) is 0 Å². The highest BCUT2D eigenvalue weighted by Gasteiger charge is 2.10. The van der Waals surface area contributed by atoms with Gasteiger partial charge in [-0.3, -0.25) is 0 Å². The van der Waals surface area contributed by atoms with Crippen molar-refractivity contribution in [3.8, 4) is 0 Å².